The summed E-state index contributed by atoms with van der Waals surface area (Å²) in [5.74, 6) is 0. The van der Waals surface area contributed by atoms with Gasteiger partial charge in [-0.05, 0) is 32.0 Å². The van der Waals surface area contributed by atoms with E-state index in [2.05, 4.69) is 5.32 Å². The maximum Gasteiger partial charge on any atom is 0.175 e. The molecule has 2 rings (SSSR count). The minimum absolute atomic E-state index is 0.240. The van der Waals surface area contributed by atoms with Gasteiger partial charge in [0.15, 0.2) is 9.84 Å². The summed E-state index contributed by atoms with van der Waals surface area (Å²) >= 11 is 0. The van der Waals surface area contributed by atoms with Gasteiger partial charge in [-0.15, -0.1) is 0 Å². The average molecular weight is 255 g/mol. The molecule has 0 aromatic heterocycles. The van der Waals surface area contributed by atoms with Crippen LogP contribution in [0.2, 0.25) is 0 Å². The number of hydrogen-bond acceptors (Lipinski definition) is 4. The Hall–Kier alpha value is -0.910. The summed E-state index contributed by atoms with van der Waals surface area (Å²) in [7, 11) is -3.30. The van der Waals surface area contributed by atoms with Crippen molar-refractivity contribution in [1.82, 2.24) is 5.32 Å². The van der Waals surface area contributed by atoms with E-state index < -0.39 is 15.4 Å². The standard InChI is InChI=1S/C12H17NO3S/c1-17(15,16)11-5-3-2-4-10(11)12(14)6-8-13-9-7-12/h2-5,13-14H,6-9H2,1H3. The first-order valence-electron chi connectivity index (χ1n) is 5.66. The van der Waals surface area contributed by atoms with E-state index in [1.807, 2.05) is 0 Å². The second-order valence-corrected chi connectivity index (χ2v) is 6.53. The summed E-state index contributed by atoms with van der Waals surface area (Å²) in [6, 6.07) is 6.72. The molecule has 1 aromatic carbocycles. The zero-order valence-corrected chi connectivity index (χ0v) is 10.6. The van der Waals surface area contributed by atoms with Gasteiger partial charge >= 0.3 is 0 Å². The molecule has 94 valence electrons. The van der Waals surface area contributed by atoms with E-state index in [0.717, 1.165) is 0 Å². The molecule has 0 unspecified atom stereocenters. The Morgan fingerprint density at radius 1 is 1.24 bits per heavy atom. The average Bonchev–Trinajstić information content (AvgIpc) is 2.29. The minimum Gasteiger partial charge on any atom is -0.385 e. The van der Waals surface area contributed by atoms with Crippen LogP contribution >= 0.6 is 0 Å². The Balaban J connectivity index is 2.51. The van der Waals surface area contributed by atoms with E-state index in [9.17, 15) is 13.5 Å². The predicted octanol–water partition coefficient (Wildman–Crippen LogP) is 0.661. The fraction of sp³-hybridized carbons (Fsp3) is 0.500. The number of benzene rings is 1. The van der Waals surface area contributed by atoms with Gasteiger partial charge in [-0.2, -0.15) is 0 Å². The van der Waals surface area contributed by atoms with E-state index in [4.69, 9.17) is 0 Å². The summed E-state index contributed by atoms with van der Waals surface area (Å²) in [5, 5.41) is 13.7. The lowest BCUT2D eigenvalue weighted by Crippen LogP contribution is -2.40. The Morgan fingerprint density at radius 2 is 1.82 bits per heavy atom. The first-order chi connectivity index (χ1) is 7.93. The molecule has 17 heavy (non-hydrogen) atoms. The lowest BCUT2D eigenvalue weighted by atomic mass is 9.85. The highest BCUT2D eigenvalue weighted by atomic mass is 32.2. The van der Waals surface area contributed by atoms with Crippen LogP contribution in [0, 0.1) is 0 Å². The molecule has 0 bridgehead atoms. The normalized spacial score (nSPS) is 20.1. The molecule has 1 heterocycles. The molecule has 4 nitrogen and oxygen atoms in total. The van der Waals surface area contributed by atoms with Crippen LogP contribution in [-0.4, -0.2) is 32.9 Å². The molecule has 0 aliphatic carbocycles. The Bertz CT molecular complexity index is 504. The third-order valence-corrected chi connectivity index (χ3v) is 4.37. The smallest absolute Gasteiger partial charge is 0.175 e. The van der Waals surface area contributed by atoms with Crippen LogP contribution in [0.25, 0.3) is 0 Å². The predicted molar refractivity (Wildman–Crippen MR) is 65.6 cm³/mol. The molecule has 0 radical (unpaired) electrons. The van der Waals surface area contributed by atoms with Crippen molar-refractivity contribution in [3.05, 3.63) is 29.8 Å². The molecule has 0 spiro atoms. The largest absolute Gasteiger partial charge is 0.385 e. The van der Waals surface area contributed by atoms with Gasteiger partial charge in [-0.3, -0.25) is 0 Å². The molecule has 1 aliphatic rings. The summed E-state index contributed by atoms with van der Waals surface area (Å²) in [4.78, 5) is 0.240. The van der Waals surface area contributed by atoms with Gasteiger partial charge in [0.1, 0.15) is 0 Å². The van der Waals surface area contributed by atoms with Crippen LogP contribution < -0.4 is 5.32 Å². The first kappa shape index (κ1) is 12.5. The summed E-state index contributed by atoms with van der Waals surface area (Å²) in [5.41, 5.74) is -0.491. The topological polar surface area (TPSA) is 66.4 Å². The van der Waals surface area contributed by atoms with Gasteiger partial charge in [0.05, 0.1) is 10.5 Å². The number of piperidine rings is 1. The van der Waals surface area contributed by atoms with E-state index >= 15 is 0 Å². The lowest BCUT2D eigenvalue weighted by molar-refractivity contribution is 0.00334. The van der Waals surface area contributed by atoms with Crippen LogP contribution in [0.5, 0.6) is 0 Å². The van der Waals surface area contributed by atoms with Crippen LogP contribution in [0.1, 0.15) is 18.4 Å². The molecular formula is C12H17NO3S. The Morgan fingerprint density at radius 3 is 2.41 bits per heavy atom. The highest BCUT2D eigenvalue weighted by molar-refractivity contribution is 7.90. The van der Waals surface area contributed by atoms with E-state index in [0.29, 0.717) is 31.5 Å². The van der Waals surface area contributed by atoms with Gasteiger partial charge in [-0.25, -0.2) is 8.42 Å². The van der Waals surface area contributed by atoms with Crippen LogP contribution in [0.15, 0.2) is 29.2 Å². The van der Waals surface area contributed by atoms with Crippen molar-refractivity contribution in [3.63, 3.8) is 0 Å². The number of sulfone groups is 1. The molecule has 1 saturated heterocycles. The molecule has 2 N–H and O–H groups in total. The monoisotopic (exact) mass is 255 g/mol. The number of nitrogens with one attached hydrogen (secondary N) is 1. The quantitative estimate of drug-likeness (QED) is 0.815. The van der Waals surface area contributed by atoms with Crippen molar-refractivity contribution in [3.8, 4) is 0 Å². The highest BCUT2D eigenvalue weighted by Gasteiger charge is 2.34. The number of rotatable bonds is 2. The second kappa shape index (κ2) is 4.40. The van der Waals surface area contributed by atoms with Gasteiger partial charge in [0, 0.05) is 11.8 Å². The number of aliphatic hydroxyl groups is 1. The highest BCUT2D eigenvalue weighted by Crippen LogP contribution is 2.34. The fourth-order valence-corrected chi connectivity index (χ4v) is 3.27. The van der Waals surface area contributed by atoms with Crippen molar-refractivity contribution in [2.24, 2.45) is 0 Å². The van der Waals surface area contributed by atoms with Gasteiger partial charge < -0.3 is 10.4 Å². The van der Waals surface area contributed by atoms with Crippen molar-refractivity contribution < 1.29 is 13.5 Å². The molecule has 1 aromatic rings. The lowest BCUT2D eigenvalue weighted by Gasteiger charge is -2.34. The first-order valence-corrected chi connectivity index (χ1v) is 7.55. The summed E-state index contributed by atoms with van der Waals surface area (Å²) < 4.78 is 23.4. The summed E-state index contributed by atoms with van der Waals surface area (Å²) in [6.07, 6.45) is 2.26. The zero-order valence-electron chi connectivity index (χ0n) is 9.81. The zero-order chi connectivity index (χ0) is 12.5. The van der Waals surface area contributed by atoms with Gasteiger partial charge in [-0.1, -0.05) is 18.2 Å². The SMILES string of the molecule is CS(=O)(=O)c1ccccc1C1(O)CCNCC1. The third kappa shape index (κ3) is 2.51. The van der Waals surface area contributed by atoms with Gasteiger partial charge in [0.2, 0.25) is 0 Å². The fourth-order valence-electron chi connectivity index (χ4n) is 2.28. The molecule has 1 fully saturated rings. The molecular weight excluding hydrogens is 238 g/mol. The minimum atomic E-state index is -3.30. The van der Waals surface area contributed by atoms with E-state index in [1.165, 1.54) is 6.26 Å². The second-order valence-electron chi connectivity index (χ2n) is 4.55. The molecule has 5 heteroatoms. The van der Waals surface area contributed by atoms with Crippen LogP contribution in [0.4, 0.5) is 0 Å². The maximum atomic E-state index is 11.7. The van der Waals surface area contributed by atoms with Crippen molar-refractivity contribution in [2.75, 3.05) is 19.3 Å². The Kier molecular flexibility index (Phi) is 3.25. The Labute approximate surface area is 102 Å². The van der Waals surface area contributed by atoms with E-state index in [1.54, 1.807) is 24.3 Å². The van der Waals surface area contributed by atoms with Crippen molar-refractivity contribution >= 4 is 9.84 Å². The maximum absolute atomic E-state index is 11.7. The molecule has 1 aliphatic heterocycles. The molecule has 0 atom stereocenters. The van der Waals surface area contributed by atoms with Gasteiger partial charge in [0.25, 0.3) is 0 Å². The molecule has 0 amide bonds. The molecule has 0 saturated carbocycles. The number of hydrogen-bond donors (Lipinski definition) is 2. The van der Waals surface area contributed by atoms with Crippen molar-refractivity contribution in [2.45, 2.75) is 23.3 Å². The van der Waals surface area contributed by atoms with Crippen molar-refractivity contribution in [1.29, 1.82) is 0 Å². The van der Waals surface area contributed by atoms with E-state index in [-0.39, 0.29) is 4.90 Å². The van der Waals surface area contributed by atoms with Crippen LogP contribution in [-0.2, 0) is 15.4 Å². The van der Waals surface area contributed by atoms with Crippen LogP contribution in [0.3, 0.4) is 0 Å². The third-order valence-electron chi connectivity index (χ3n) is 3.22. The summed E-state index contributed by atoms with van der Waals surface area (Å²) in [6.45, 7) is 1.41.